The van der Waals surface area contributed by atoms with Crippen LogP contribution in [0.4, 0.5) is 5.69 Å². The standard InChI is InChI=1S/C13H10ClN3O3/c14-11-7-8(13(15)16)1-6-12(11)20-10-4-2-9(3-5-10)17(18)19/h1-7H,(H3,15,16). The number of nitrogens with two attached hydrogens (primary N) is 1. The van der Waals surface area contributed by atoms with Gasteiger partial charge in [-0.2, -0.15) is 0 Å². The lowest BCUT2D eigenvalue weighted by atomic mass is 10.2. The monoisotopic (exact) mass is 291 g/mol. The smallest absolute Gasteiger partial charge is 0.269 e. The third-order valence-corrected chi connectivity index (χ3v) is 2.81. The van der Waals surface area contributed by atoms with Gasteiger partial charge in [0.1, 0.15) is 17.3 Å². The number of nitrogen functional groups attached to an aromatic ring is 1. The van der Waals surface area contributed by atoms with Gasteiger partial charge in [-0.1, -0.05) is 11.6 Å². The van der Waals surface area contributed by atoms with Crippen molar-refractivity contribution in [2.75, 3.05) is 0 Å². The van der Waals surface area contributed by atoms with Crippen molar-refractivity contribution in [3.8, 4) is 11.5 Å². The Labute approximate surface area is 119 Å². The van der Waals surface area contributed by atoms with Gasteiger partial charge >= 0.3 is 0 Å². The molecule has 20 heavy (non-hydrogen) atoms. The Morgan fingerprint density at radius 3 is 2.40 bits per heavy atom. The van der Waals surface area contributed by atoms with Crippen LogP contribution < -0.4 is 10.5 Å². The Bertz CT molecular complexity index is 671. The summed E-state index contributed by atoms with van der Waals surface area (Å²) in [6, 6.07) is 10.3. The molecule has 0 bridgehead atoms. The van der Waals surface area contributed by atoms with E-state index in [1.165, 1.54) is 30.3 Å². The number of nitrogens with one attached hydrogen (secondary N) is 1. The molecule has 2 rings (SSSR count). The van der Waals surface area contributed by atoms with E-state index in [4.69, 9.17) is 27.5 Å². The highest BCUT2D eigenvalue weighted by Crippen LogP contribution is 2.30. The molecule has 0 saturated carbocycles. The Morgan fingerprint density at radius 1 is 1.25 bits per heavy atom. The highest BCUT2D eigenvalue weighted by molar-refractivity contribution is 6.32. The zero-order valence-electron chi connectivity index (χ0n) is 10.2. The van der Waals surface area contributed by atoms with Gasteiger partial charge in [0.05, 0.1) is 9.95 Å². The highest BCUT2D eigenvalue weighted by Gasteiger charge is 2.08. The van der Waals surface area contributed by atoms with Gasteiger partial charge in [-0.25, -0.2) is 0 Å². The van der Waals surface area contributed by atoms with Crippen LogP contribution >= 0.6 is 11.6 Å². The summed E-state index contributed by atoms with van der Waals surface area (Å²) >= 11 is 6.02. The molecule has 3 N–H and O–H groups in total. The molecular formula is C13H10ClN3O3. The first-order valence-corrected chi connectivity index (χ1v) is 5.91. The van der Waals surface area contributed by atoms with Gasteiger partial charge in [0.2, 0.25) is 0 Å². The molecule has 0 unspecified atom stereocenters. The summed E-state index contributed by atoms with van der Waals surface area (Å²) in [5.74, 6) is 0.715. The number of amidine groups is 1. The molecule has 2 aromatic carbocycles. The van der Waals surface area contributed by atoms with Crippen LogP contribution in [0.3, 0.4) is 0 Å². The number of hydrogen-bond acceptors (Lipinski definition) is 4. The molecule has 0 aliphatic heterocycles. The van der Waals surface area contributed by atoms with Crippen LogP contribution in [0.5, 0.6) is 11.5 Å². The number of nitro groups is 1. The lowest BCUT2D eigenvalue weighted by molar-refractivity contribution is -0.384. The zero-order valence-corrected chi connectivity index (χ0v) is 10.9. The summed E-state index contributed by atoms with van der Waals surface area (Å²) < 4.78 is 5.51. The summed E-state index contributed by atoms with van der Waals surface area (Å²) in [7, 11) is 0. The number of hydrogen-bond donors (Lipinski definition) is 2. The molecule has 0 atom stereocenters. The third-order valence-electron chi connectivity index (χ3n) is 2.52. The number of nitrogens with zero attached hydrogens (tertiary/aromatic N) is 1. The molecule has 7 heteroatoms. The van der Waals surface area contributed by atoms with E-state index < -0.39 is 4.92 Å². The van der Waals surface area contributed by atoms with Gasteiger partial charge in [0.15, 0.2) is 0 Å². The minimum atomic E-state index is -0.488. The Balaban J connectivity index is 2.21. The molecule has 0 aliphatic carbocycles. The third kappa shape index (κ3) is 3.04. The van der Waals surface area contributed by atoms with Crippen LogP contribution in [0.15, 0.2) is 42.5 Å². The quantitative estimate of drug-likeness (QED) is 0.390. The Kier molecular flexibility index (Phi) is 3.86. The van der Waals surface area contributed by atoms with E-state index in [2.05, 4.69) is 0 Å². The Hall–Kier alpha value is -2.60. The van der Waals surface area contributed by atoms with Crippen molar-refractivity contribution in [2.45, 2.75) is 0 Å². The summed E-state index contributed by atoms with van der Waals surface area (Å²) in [4.78, 5) is 10.0. The molecule has 0 saturated heterocycles. The van der Waals surface area contributed by atoms with Crippen molar-refractivity contribution in [1.82, 2.24) is 0 Å². The first kappa shape index (κ1) is 13.8. The molecule has 6 nitrogen and oxygen atoms in total. The van der Waals surface area contributed by atoms with E-state index >= 15 is 0 Å². The summed E-state index contributed by atoms with van der Waals surface area (Å²) in [6.45, 7) is 0. The van der Waals surface area contributed by atoms with Crippen molar-refractivity contribution in [3.63, 3.8) is 0 Å². The van der Waals surface area contributed by atoms with Gasteiger partial charge in [0, 0.05) is 17.7 Å². The van der Waals surface area contributed by atoms with E-state index in [0.717, 1.165) is 0 Å². The largest absolute Gasteiger partial charge is 0.456 e. The van der Waals surface area contributed by atoms with Crippen LogP contribution in [0.1, 0.15) is 5.56 Å². The number of non-ortho nitro benzene ring substituents is 1. The zero-order chi connectivity index (χ0) is 14.7. The first-order chi connectivity index (χ1) is 9.47. The van der Waals surface area contributed by atoms with Crippen molar-refractivity contribution in [1.29, 1.82) is 5.41 Å². The summed E-state index contributed by atoms with van der Waals surface area (Å²) in [5.41, 5.74) is 5.82. The van der Waals surface area contributed by atoms with Crippen LogP contribution in [0.25, 0.3) is 0 Å². The van der Waals surface area contributed by atoms with E-state index in [1.54, 1.807) is 12.1 Å². The first-order valence-electron chi connectivity index (χ1n) is 5.53. The molecule has 0 amide bonds. The topological polar surface area (TPSA) is 102 Å². The number of rotatable bonds is 4. The molecule has 0 radical (unpaired) electrons. The minimum absolute atomic E-state index is 0.0182. The number of ether oxygens (including phenoxy) is 1. The van der Waals surface area contributed by atoms with E-state index in [9.17, 15) is 10.1 Å². The van der Waals surface area contributed by atoms with Crippen LogP contribution in [-0.4, -0.2) is 10.8 Å². The van der Waals surface area contributed by atoms with Crippen molar-refractivity contribution in [3.05, 3.63) is 63.2 Å². The van der Waals surface area contributed by atoms with E-state index in [1.807, 2.05) is 0 Å². The second kappa shape index (κ2) is 5.58. The summed E-state index contributed by atoms with van der Waals surface area (Å²) in [6.07, 6.45) is 0. The molecule has 102 valence electrons. The second-order valence-corrected chi connectivity index (χ2v) is 4.32. The van der Waals surface area contributed by atoms with Gasteiger partial charge in [0.25, 0.3) is 5.69 Å². The van der Waals surface area contributed by atoms with Gasteiger partial charge in [-0.3, -0.25) is 15.5 Å². The fourth-order valence-electron chi connectivity index (χ4n) is 1.51. The van der Waals surface area contributed by atoms with Crippen LogP contribution in [0, 0.1) is 15.5 Å². The minimum Gasteiger partial charge on any atom is -0.456 e. The highest BCUT2D eigenvalue weighted by atomic mass is 35.5. The average Bonchev–Trinajstić information content (AvgIpc) is 2.41. The van der Waals surface area contributed by atoms with E-state index in [0.29, 0.717) is 22.1 Å². The SMILES string of the molecule is N=C(N)c1ccc(Oc2ccc([N+](=O)[O-])cc2)c(Cl)c1. The molecule has 0 heterocycles. The predicted molar refractivity (Wildman–Crippen MR) is 75.6 cm³/mol. The Morgan fingerprint density at radius 2 is 1.90 bits per heavy atom. The average molecular weight is 292 g/mol. The molecular weight excluding hydrogens is 282 g/mol. The lowest BCUT2D eigenvalue weighted by Gasteiger charge is -2.08. The fraction of sp³-hybridized carbons (Fsp3) is 0. The fourth-order valence-corrected chi connectivity index (χ4v) is 1.73. The molecule has 0 aliphatic rings. The normalized spacial score (nSPS) is 10.1. The van der Waals surface area contributed by atoms with Gasteiger partial charge in [-0.15, -0.1) is 0 Å². The molecule has 2 aromatic rings. The van der Waals surface area contributed by atoms with Gasteiger partial charge < -0.3 is 10.5 Å². The molecule has 0 fully saturated rings. The van der Waals surface area contributed by atoms with Crippen molar-refractivity contribution < 1.29 is 9.66 Å². The van der Waals surface area contributed by atoms with E-state index in [-0.39, 0.29) is 11.5 Å². The molecule has 0 aromatic heterocycles. The van der Waals surface area contributed by atoms with Crippen LogP contribution in [-0.2, 0) is 0 Å². The van der Waals surface area contributed by atoms with Gasteiger partial charge in [-0.05, 0) is 30.3 Å². The van der Waals surface area contributed by atoms with Crippen LogP contribution in [0.2, 0.25) is 5.02 Å². The van der Waals surface area contributed by atoms with Crippen molar-refractivity contribution in [2.24, 2.45) is 5.73 Å². The number of nitro benzene ring substituents is 1. The number of benzene rings is 2. The maximum Gasteiger partial charge on any atom is 0.269 e. The lowest BCUT2D eigenvalue weighted by Crippen LogP contribution is -2.10. The predicted octanol–water partition coefficient (Wildman–Crippen LogP) is 3.32. The number of halogens is 1. The molecule has 0 spiro atoms. The summed E-state index contributed by atoms with van der Waals surface area (Å²) in [5, 5.41) is 18.1. The second-order valence-electron chi connectivity index (χ2n) is 3.91. The maximum atomic E-state index is 10.5. The maximum absolute atomic E-state index is 10.5. The van der Waals surface area contributed by atoms with Crippen molar-refractivity contribution >= 4 is 23.1 Å².